The largest absolute Gasteiger partial charge is 0.492 e. The van der Waals surface area contributed by atoms with E-state index < -0.39 is 0 Å². The Balaban J connectivity index is 1.76. The first-order valence-electron chi connectivity index (χ1n) is 7.86. The zero-order valence-corrected chi connectivity index (χ0v) is 12.8. The van der Waals surface area contributed by atoms with E-state index in [4.69, 9.17) is 9.84 Å². The zero-order chi connectivity index (χ0) is 14.9. The Hall–Kier alpha value is -1.50. The molecule has 1 aromatic carbocycles. The fourth-order valence-electron chi connectivity index (χ4n) is 2.63. The van der Waals surface area contributed by atoms with E-state index in [9.17, 15) is 0 Å². The van der Waals surface area contributed by atoms with E-state index in [1.54, 1.807) is 0 Å². The van der Waals surface area contributed by atoms with E-state index in [2.05, 4.69) is 23.7 Å². The highest BCUT2D eigenvalue weighted by Crippen LogP contribution is 2.19. The van der Waals surface area contributed by atoms with Crippen LogP contribution in [0.15, 0.2) is 24.3 Å². The lowest BCUT2D eigenvalue weighted by Gasteiger charge is -2.16. The van der Waals surface area contributed by atoms with Gasteiger partial charge in [0.1, 0.15) is 12.4 Å². The molecule has 1 aromatic rings. The molecule has 3 heteroatoms. The van der Waals surface area contributed by atoms with Crippen LogP contribution >= 0.6 is 0 Å². The number of hydrogen-bond acceptors (Lipinski definition) is 3. The Labute approximate surface area is 127 Å². The van der Waals surface area contributed by atoms with Gasteiger partial charge in [-0.25, -0.2) is 0 Å². The predicted octanol–water partition coefficient (Wildman–Crippen LogP) is 2.53. The standard InChI is InChI=1S/C18H25NO2/c1-2-16-9-10-19(15-16)11-13-21-18-8-5-7-17(14-18)6-3-4-12-20/h5,7-8,14,16,20H,2,4,9-13,15H2,1H3. The highest BCUT2D eigenvalue weighted by molar-refractivity contribution is 5.39. The molecule has 1 heterocycles. The van der Waals surface area contributed by atoms with Gasteiger partial charge < -0.3 is 9.84 Å². The smallest absolute Gasteiger partial charge is 0.120 e. The first-order chi connectivity index (χ1) is 10.3. The fourth-order valence-corrected chi connectivity index (χ4v) is 2.63. The van der Waals surface area contributed by atoms with Crippen molar-refractivity contribution in [2.45, 2.75) is 26.2 Å². The van der Waals surface area contributed by atoms with Crippen molar-refractivity contribution in [1.29, 1.82) is 0 Å². The van der Waals surface area contributed by atoms with Crippen molar-refractivity contribution in [3.63, 3.8) is 0 Å². The van der Waals surface area contributed by atoms with E-state index in [-0.39, 0.29) is 6.61 Å². The number of benzene rings is 1. The number of aliphatic hydroxyl groups is 1. The van der Waals surface area contributed by atoms with E-state index >= 15 is 0 Å². The van der Waals surface area contributed by atoms with Gasteiger partial charge in [-0.1, -0.05) is 31.3 Å². The third-order valence-corrected chi connectivity index (χ3v) is 3.93. The molecule has 0 aliphatic carbocycles. The summed E-state index contributed by atoms with van der Waals surface area (Å²) in [6.07, 6.45) is 3.12. The van der Waals surface area contributed by atoms with Gasteiger partial charge in [-0.05, 0) is 37.1 Å². The third kappa shape index (κ3) is 5.41. The van der Waals surface area contributed by atoms with Gasteiger partial charge in [0, 0.05) is 25.1 Å². The summed E-state index contributed by atoms with van der Waals surface area (Å²) in [5, 5.41) is 8.72. The van der Waals surface area contributed by atoms with Gasteiger partial charge in [-0.15, -0.1) is 0 Å². The van der Waals surface area contributed by atoms with Crippen LogP contribution in [0.2, 0.25) is 0 Å². The number of likely N-dealkylation sites (tertiary alicyclic amines) is 1. The van der Waals surface area contributed by atoms with Gasteiger partial charge in [0.25, 0.3) is 0 Å². The summed E-state index contributed by atoms with van der Waals surface area (Å²) < 4.78 is 5.82. The van der Waals surface area contributed by atoms with Gasteiger partial charge in [0.15, 0.2) is 0 Å². The van der Waals surface area contributed by atoms with Crippen LogP contribution in [0.1, 0.15) is 31.7 Å². The molecule has 1 atom stereocenters. The number of nitrogens with zero attached hydrogens (tertiary/aromatic N) is 1. The van der Waals surface area contributed by atoms with Crippen molar-refractivity contribution in [3.05, 3.63) is 29.8 Å². The molecule has 0 aromatic heterocycles. The van der Waals surface area contributed by atoms with Crippen molar-refractivity contribution in [3.8, 4) is 17.6 Å². The Morgan fingerprint density at radius 1 is 1.43 bits per heavy atom. The molecule has 0 bridgehead atoms. The first kappa shape index (κ1) is 15.9. The highest BCUT2D eigenvalue weighted by atomic mass is 16.5. The summed E-state index contributed by atoms with van der Waals surface area (Å²) in [6, 6.07) is 7.85. The molecule has 1 unspecified atom stereocenters. The predicted molar refractivity (Wildman–Crippen MR) is 85.4 cm³/mol. The van der Waals surface area contributed by atoms with Crippen molar-refractivity contribution in [2.24, 2.45) is 5.92 Å². The van der Waals surface area contributed by atoms with E-state index in [1.807, 2.05) is 24.3 Å². The number of hydrogen-bond donors (Lipinski definition) is 1. The van der Waals surface area contributed by atoms with Crippen molar-refractivity contribution >= 4 is 0 Å². The molecule has 114 valence electrons. The van der Waals surface area contributed by atoms with Crippen LogP contribution in [0.25, 0.3) is 0 Å². The zero-order valence-electron chi connectivity index (χ0n) is 12.8. The minimum absolute atomic E-state index is 0.109. The van der Waals surface area contributed by atoms with Crippen LogP contribution in [0.3, 0.4) is 0 Å². The normalized spacial score (nSPS) is 18.3. The van der Waals surface area contributed by atoms with Crippen LogP contribution in [0.5, 0.6) is 5.75 Å². The second-order valence-electron chi connectivity index (χ2n) is 5.52. The van der Waals surface area contributed by atoms with E-state index in [0.717, 1.165) is 30.4 Å². The van der Waals surface area contributed by atoms with E-state index in [1.165, 1.54) is 25.9 Å². The Bertz CT molecular complexity index is 489. The molecule has 2 rings (SSSR count). The summed E-state index contributed by atoms with van der Waals surface area (Å²) in [5.74, 6) is 7.70. The maximum atomic E-state index is 8.72. The van der Waals surface area contributed by atoms with Crippen LogP contribution in [0, 0.1) is 17.8 Å². The van der Waals surface area contributed by atoms with Crippen molar-refractivity contribution < 1.29 is 9.84 Å². The van der Waals surface area contributed by atoms with Crippen molar-refractivity contribution in [2.75, 3.05) is 32.8 Å². The monoisotopic (exact) mass is 287 g/mol. The minimum Gasteiger partial charge on any atom is -0.492 e. The second kappa shape index (κ2) is 8.71. The van der Waals surface area contributed by atoms with Gasteiger partial charge in [0.2, 0.25) is 0 Å². The van der Waals surface area contributed by atoms with Crippen molar-refractivity contribution in [1.82, 2.24) is 4.90 Å². The van der Waals surface area contributed by atoms with Crippen LogP contribution in [-0.4, -0.2) is 42.9 Å². The molecular formula is C18H25NO2. The number of rotatable bonds is 6. The summed E-state index contributed by atoms with van der Waals surface area (Å²) in [7, 11) is 0. The molecular weight excluding hydrogens is 262 g/mol. The van der Waals surface area contributed by atoms with Gasteiger partial charge in [0.05, 0.1) is 6.61 Å². The maximum Gasteiger partial charge on any atom is 0.120 e. The number of aliphatic hydroxyl groups excluding tert-OH is 1. The minimum atomic E-state index is 0.109. The molecule has 21 heavy (non-hydrogen) atoms. The molecule has 1 saturated heterocycles. The molecule has 0 amide bonds. The van der Waals surface area contributed by atoms with Gasteiger partial charge in [-0.2, -0.15) is 0 Å². The maximum absolute atomic E-state index is 8.72. The molecule has 3 nitrogen and oxygen atoms in total. The summed E-state index contributed by atoms with van der Waals surface area (Å²) in [5.41, 5.74) is 0.938. The Morgan fingerprint density at radius 3 is 3.10 bits per heavy atom. The summed E-state index contributed by atoms with van der Waals surface area (Å²) in [4.78, 5) is 2.49. The average Bonchev–Trinajstić information content (AvgIpc) is 2.96. The molecule has 0 radical (unpaired) electrons. The summed E-state index contributed by atoms with van der Waals surface area (Å²) >= 11 is 0. The SMILES string of the molecule is CCC1CCN(CCOc2cccc(C#CCCO)c2)C1. The molecule has 0 spiro atoms. The van der Waals surface area contributed by atoms with Crippen LogP contribution < -0.4 is 4.74 Å². The Kier molecular flexibility index (Phi) is 6.59. The Morgan fingerprint density at radius 2 is 2.33 bits per heavy atom. The fraction of sp³-hybridized carbons (Fsp3) is 0.556. The molecule has 1 aliphatic rings. The molecule has 1 N–H and O–H groups in total. The lowest BCUT2D eigenvalue weighted by molar-refractivity contribution is 0.232. The summed E-state index contributed by atoms with van der Waals surface area (Å²) in [6.45, 7) is 6.52. The molecule has 0 saturated carbocycles. The highest BCUT2D eigenvalue weighted by Gasteiger charge is 2.20. The molecule has 1 aliphatic heterocycles. The quantitative estimate of drug-likeness (QED) is 0.816. The van der Waals surface area contributed by atoms with Gasteiger partial charge >= 0.3 is 0 Å². The van der Waals surface area contributed by atoms with E-state index in [0.29, 0.717) is 6.42 Å². The second-order valence-corrected chi connectivity index (χ2v) is 5.52. The topological polar surface area (TPSA) is 32.7 Å². The lowest BCUT2D eigenvalue weighted by Crippen LogP contribution is -2.26. The van der Waals surface area contributed by atoms with Crippen LogP contribution in [0.4, 0.5) is 0 Å². The lowest BCUT2D eigenvalue weighted by atomic mass is 10.1. The first-order valence-corrected chi connectivity index (χ1v) is 7.86. The van der Waals surface area contributed by atoms with Gasteiger partial charge in [-0.3, -0.25) is 4.90 Å². The average molecular weight is 287 g/mol. The molecule has 1 fully saturated rings. The third-order valence-electron chi connectivity index (χ3n) is 3.93. The van der Waals surface area contributed by atoms with Crippen LogP contribution in [-0.2, 0) is 0 Å². The number of ether oxygens (including phenoxy) is 1.